The lowest BCUT2D eigenvalue weighted by molar-refractivity contribution is 0.288. The van der Waals surface area contributed by atoms with Crippen LogP contribution in [-0.2, 0) is 0 Å². The first-order chi connectivity index (χ1) is 10.1. The van der Waals surface area contributed by atoms with Crippen molar-refractivity contribution in [3.63, 3.8) is 0 Å². The fraction of sp³-hybridized carbons (Fsp3) is 0.353. The Balaban J connectivity index is 2.20. The molecule has 4 nitrogen and oxygen atoms in total. The standard InChI is InChI=1S/C17H22N2O2/c1-12(2)9-10-21-13-7-8-14(16(11-13)20-3)15-5-4-6-17(18)19-15/h4-8,11-12H,9-10H2,1-3H3,(H2,18,19). The number of anilines is 1. The molecule has 2 N–H and O–H groups in total. The van der Waals surface area contributed by atoms with E-state index in [2.05, 4.69) is 18.8 Å². The number of hydrogen-bond acceptors (Lipinski definition) is 4. The number of nitrogen functional groups attached to an aromatic ring is 1. The van der Waals surface area contributed by atoms with E-state index in [4.69, 9.17) is 15.2 Å². The van der Waals surface area contributed by atoms with E-state index < -0.39 is 0 Å². The number of benzene rings is 1. The van der Waals surface area contributed by atoms with Crippen LogP contribution in [0.4, 0.5) is 5.82 Å². The van der Waals surface area contributed by atoms with E-state index >= 15 is 0 Å². The van der Waals surface area contributed by atoms with Gasteiger partial charge in [-0.1, -0.05) is 19.9 Å². The molecule has 1 heterocycles. The van der Waals surface area contributed by atoms with Crippen LogP contribution in [0.15, 0.2) is 36.4 Å². The summed E-state index contributed by atoms with van der Waals surface area (Å²) >= 11 is 0. The lowest BCUT2D eigenvalue weighted by Gasteiger charge is -2.12. The summed E-state index contributed by atoms with van der Waals surface area (Å²) in [4.78, 5) is 4.32. The van der Waals surface area contributed by atoms with Gasteiger partial charge in [-0.3, -0.25) is 0 Å². The summed E-state index contributed by atoms with van der Waals surface area (Å²) in [5.74, 6) is 2.66. The topological polar surface area (TPSA) is 57.4 Å². The molecule has 0 fully saturated rings. The second kappa shape index (κ2) is 6.97. The molecule has 4 heteroatoms. The van der Waals surface area contributed by atoms with Gasteiger partial charge < -0.3 is 15.2 Å². The first-order valence-corrected chi connectivity index (χ1v) is 7.14. The molecule has 0 saturated carbocycles. The molecule has 0 radical (unpaired) electrons. The number of hydrogen-bond donors (Lipinski definition) is 1. The summed E-state index contributed by atoms with van der Waals surface area (Å²) in [7, 11) is 1.64. The Bertz CT molecular complexity index is 597. The van der Waals surface area contributed by atoms with Crippen LogP contribution in [0.25, 0.3) is 11.3 Å². The molecule has 0 bridgehead atoms. The highest BCUT2D eigenvalue weighted by atomic mass is 16.5. The van der Waals surface area contributed by atoms with E-state index in [1.54, 1.807) is 13.2 Å². The Morgan fingerprint density at radius 3 is 2.67 bits per heavy atom. The van der Waals surface area contributed by atoms with Gasteiger partial charge in [0.05, 0.1) is 19.4 Å². The van der Waals surface area contributed by atoms with Gasteiger partial charge in [-0.15, -0.1) is 0 Å². The molecule has 0 spiro atoms. The number of aromatic nitrogens is 1. The molecule has 112 valence electrons. The molecular formula is C17H22N2O2. The molecule has 0 aliphatic heterocycles. The molecule has 21 heavy (non-hydrogen) atoms. The monoisotopic (exact) mass is 286 g/mol. The second-order valence-electron chi connectivity index (χ2n) is 5.34. The fourth-order valence-electron chi connectivity index (χ4n) is 1.99. The van der Waals surface area contributed by atoms with E-state index in [0.29, 0.717) is 18.3 Å². The second-order valence-corrected chi connectivity index (χ2v) is 5.34. The number of methoxy groups -OCH3 is 1. The van der Waals surface area contributed by atoms with Crippen molar-refractivity contribution in [2.75, 3.05) is 19.5 Å². The zero-order valence-electron chi connectivity index (χ0n) is 12.8. The van der Waals surface area contributed by atoms with E-state index in [9.17, 15) is 0 Å². The van der Waals surface area contributed by atoms with Gasteiger partial charge in [0, 0.05) is 11.6 Å². The average molecular weight is 286 g/mol. The van der Waals surface area contributed by atoms with Gasteiger partial charge in [-0.25, -0.2) is 4.98 Å². The Hall–Kier alpha value is -2.23. The van der Waals surface area contributed by atoms with Crippen LogP contribution in [0.5, 0.6) is 11.5 Å². The Labute approximate surface area is 125 Å². The van der Waals surface area contributed by atoms with Gasteiger partial charge in [0.1, 0.15) is 17.3 Å². The van der Waals surface area contributed by atoms with Crippen molar-refractivity contribution >= 4 is 5.82 Å². The van der Waals surface area contributed by atoms with Gasteiger partial charge in [0.15, 0.2) is 0 Å². The predicted octanol–water partition coefficient (Wildman–Crippen LogP) is 3.76. The van der Waals surface area contributed by atoms with Crippen LogP contribution in [0.3, 0.4) is 0 Å². The normalized spacial score (nSPS) is 10.7. The quantitative estimate of drug-likeness (QED) is 0.878. The molecule has 0 amide bonds. The summed E-state index contributed by atoms with van der Waals surface area (Å²) in [6.45, 7) is 5.06. The highest BCUT2D eigenvalue weighted by Crippen LogP contribution is 2.32. The number of nitrogens with two attached hydrogens (primary N) is 1. The van der Waals surface area contributed by atoms with Gasteiger partial charge in [-0.05, 0) is 36.6 Å². The maximum atomic E-state index is 5.75. The minimum atomic E-state index is 0.492. The van der Waals surface area contributed by atoms with Crippen LogP contribution in [0.1, 0.15) is 20.3 Å². The Kier molecular flexibility index (Phi) is 5.04. The van der Waals surface area contributed by atoms with Gasteiger partial charge >= 0.3 is 0 Å². The SMILES string of the molecule is COc1cc(OCCC(C)C)ccc1-c1cccc(N)n1. The third-order valence-electron chi connectivity index (χ3n) is 3.18. The first kappa shape index (κ1) is 15.2. The smallest absolute Gasteiger partial charge is 0.131 e. The maximum absolute atomic E-state index is 5.75. The zero-order chi connectivity index (χ0) is 15.2. The molecule has 0 unspecified atom stereocenters. The van der Waals surface area contributed by atoms with Crippen LogP contribution in [0.2, 0.25) is 0 Å². The largest absolute Gasteiger partial charge is 0.496 e. The van der Waals surface area contributed by atoms with Crippen molar-refractivity contribution in [1.82, 2.24) is 4.98 Å². The van der Waals surface area contributed by atoms with Crippen molar-refractivity contribution in [3.05, 3.63) is 36.4 Å². The van der Waals surface area contributed by atoms with Gasteiger partial charge in [-0.2, -0.15) is 0 Å². The molecule has 1 aromatic heterocycles. The minimum Gasteiger partial charge on any atom is -0.496 e. The average Bonchev–Trinajstić information content (AvgIpc) is 2.46. The van der Waals surface area contributed by atoms with Crippen molar-refractivity contribution in [3.8, 4) is 22.8 Å². The molecule has 1 aromatic carbocycles. The summed E-state index contributed by atoms with van der Waals surface area (Å²) in [6.07, 6.45) is 1.03. The molecule has 0 saturated heterocycles. The van der Waals surface area contributed by atoms with Crippen molar-refractivity contribution in [2.24, 2.45) is 5.92 Å². The van der Waals surface area contributed by atoms with E-state index in [1.807, 2.05) is 30.3 Å². The summed E-state index contributed by atoms with van der Waals surface area (Å²) in [5, 5.41) is 0. The summed E-state index contributed by atoms with van der Waals surface area (Å²) in [5.41, 5.74) is 7.43. The first-order valence-electron chi connectivity index (χ1n) is 7.14. The third kappa shape index (κ3) is 4.12. The Morgan fingerprint density at radius 2 is 2.00 bits per heavy atom. The summed E-state index contributed by atoms with van der Waals surface area (Å²) < 4.78 is 11.2. The van der Waals surface area contributed by atoms with Crippen LogP contribution < -0.4 is 15.2 Å². The van der Waals surface area contributed by atoms with E-state index in [0.717, 1.165) is 29.2 Å². The molecule has 0 aliphatic rings. The van der Waals surface area contributed by atoms with Gasteiger partial charge in [0.2, 0.25) is 0 Å². The molecule has 0 atom stereocenters. The highest BCUT2D eigenvalue weighted by Gasteiger charge is 2.09. The zero-order valence-corrected chi connectivity index (χ0v) is 12.8. The van der Waals surface area contributed by atoms with Crippen molar-refractivity contribution in [1.29, 1.82) is 0 Å². The predicted molar refractivity (Wildman–Crippen MR) is 85.6 cm³/mol. The van der Waals surface area contributed by atoms with Crippen LogP contribution in [0, 0.1) is 5.92 Å². The molecular weight excluding hydrogens is 264 g/mol. The van der Waals surface area contributed by atoms with Gasteiger partial charge in [0.25, 0.3) is 0 Å². The Morgan fingerprint density at radius 1 is 1.19 bits per heavy atom. The fourth-order valence-corrected chi connectivity index (χ4v) is 1.99. The lowest BCUT2D eigenvalue weighted by atomic mass is 10.1. The van der Waals surface area contributed by atoms with Crippen LogP contribution in [-0.4, -0.2) is 18.7 Å². The highest BCUT2D eigenvalue weighted by molar-refractivity contribution is 5.69. The minimum absolute atomic E-state index is 0.492. The van der Waals surface area contributed by atoms with Crippen LogP contribution >= 0.6 is 0 Å². The maximum Gasteiger partial charge on any atom is 0.131 e. The van der Waals surface area contributed by atoms with E-state index in [-0.39, 0.29) is 0 Å². The molecule has 2 rings (SSSR count). The summed E-state index contributed by atoms with van der Waals surface area (Å²) in [6, 6.07) is 11.3. The van der Waals surface area contributed by atoms with E-state index in [1.165, 1.54) is 0 Å². The lowest BCUT2D eigenvalue weighted by Crippen LogP contribution is -2.02. The number of ether oxygens (including phenoxy) is 2. The molecule has 2 aromatic rings. The number of rotatable bonds is 6. The van der Waals surface area contributed by atoms with Crippen molar-refractivity contribution < 1.29 is 9.47 Å². The molecule has 0 aliphatic carbocycles. The number of pyridine rings is 1. The third-order valence-corrected chi connectivity index (χ3v) is 3.18. The van der Waals surface area contributed by atoms with Crippen molar-refractivity contribution in [2.45, 2.75) is 20.3 Å². The number of nitrogens with zero attached hydrogens (tertiary/aromatic N) is 1.